The van der Waals surface area contributed by atoms with Gasteiger partial charge in [-0.3, -0.25) is 4.79 Å². The minimum absolute atomic E-state index is 0.0454. The van der Waals surface area contributed by atoms with Gasteiger partial charge in [0.2, 0.25) is 5.95 Å². The fraction of sp³-hybridized carbons (Fsp3) is 0.269. The molecule has 0 aliphatic carbocycles. The van der Waals surface area contributed by atoms with Gasteiger partial charge in [-0.1, -0.05) is 41.1 Å². The average Bonchev–Trinajstić information content (AvgIpc) is 3.13. The first-order valence-electron chi connectivity index (χ1n) is 11.3. The molecule has 0 saturated heterocycles. The fourth-order valence-corrected chi connectivity index (χ4v) is 4.51. The van der Waals surface area contributed by atoms with Gasteiger partial charge in [0, 0.05) is 29.8 Å². The van der Waals surface area contributed by atoms with Gasteiger partial charge in [0.15, 0.2) is 0 Å². The van der Waals surface area contributed by atoms with Crippen molar-refractivity contribution in [3.05, 3.63) is 75.1 Å². The summed E-state index contributed by atoms with van der Waals surface area (Å²) in [6.45, 7) is 3.37. The molecule has 182 valence electrons. The van der Waals surface area contributed by atoms with Crippen molar-refractivity contribution in [1.82, 2.24) is 14.1 Å². The molecule has 0 spiro atoms. The molecule has 2 aromatic heterocycles. The number of fused-ring (bicyclic) bond motifs is 1. The molecule has 9 heteroatoms. The molecule has 4 rings (SSSR count). The maximum Gasteiger partial charge on any atom is 0.337 e. The first-order chi connectivity index (χ1) is 16.7. The fourth-order valence-electron chi connectivity index (χ4n) is 4.16. The Morgan fingerprint density at radius 2 is 1.97 bits per heavy atom. The number of nitrogens with two attached hydrogens (primary N) is 1. The number of aryl methyl sites for hydroxylation is 1. The molecule has 1 atom stereocenters. The van der Waals surface area contributed by atoms with Crippen LogP contribution in [0.5, 0.6) is 5.75 Å². The normalized spacial score (nSPS) is 12.1. The maximum absolute atomic E-state index is 12.7. The first kappa shape index (κ1) is 24.5. The van der Waals surface area contributed by atoms with Crippen LogP contribution in [0.3, 0.4) is 0 Å². The molecule has 35 heavy (non-hydrogen) atoms. The van der Waals surface area contributed by atoms with E-state index in [0.717, 1.165) is 34.9 Å². The largest absolute Gasteiger partial charge is 0.493 e. The molecule has 0 bridgehead atoms. The van der Waals surface area contributed by atoms with Crippen LogP contribution in [0.2, 0.25) is 0 Å². The zero-order chi connectivity index (χ0) is 25.1. The van der Waals surface area contributed by atoms with E-state index in [1.165, 1.54) is 23.9 Å². The predicted molar refractivity (Wildman–Crippen MR) is 140 cm³/mol. The molecular weight excluding hydrogens is 512 g/mol. The molecule has 0 saturated carbocycles. The number of anilines is 1. The number of carboxylic acid groups (broad SMARTS) is 1. The van der Waals surface area contributed by atoms with E-state index >= 15 is 0 Å². The van der Waals surface area contributed by atoms with E-state index in [1.807, 2.05) is 28.8 Å². The zero-order valence-corrected chi connectivity index (χ0v) is 21.2. The number of hydrogen-bond donors (Lipinski definition) is 2. The minimum Gasteiger partial charge on any atom is -0.493 e. The third kappa shape index (κ3) is 5.40. The molecule has 2 aromatic carbocycles. The van der Waals surface area contributed by atoms with Crippen LogP contribution in [0, 0.1) is 5.92 Å². The highest BCUT2D eigenvalue weighted by molar-refractivity contribution is 9.10. The SMILES string of the molecule is C[C@H](CCCOc1ccccc1-c1cc(C(=O)O)cn(C)c1=O)Cn1c(N)nc2ccc(Br)cc21. The number of pyridine rings is 1. The number of rotatable bonds is 9. The maximum atomic E-state index is 12.7. The number of carboxylic acids is 1. The van der Waals surface area contributed by atoms with Crippen LogP contribution in [0.15, 0.2) is 64.0 Å². The number of aromatic carboxylic acids is 1. The molecule has 0 aliphatic heterocycles. The first-order valence-corrected chi connectivity index (χ1v) is 12.1. The van der Waals surface area contributed by atoms with E-state index in [1.54, 1.807) is 18.2 Å². The Balaban J connectivity index is 1.42. The number of nitrogen functional groups attached to an aromatic ring is 1. The lowest BCUT2D eigenvalue weighted by Gasteiger charge is -2.16. The predicted octanol–water partition coefficient (Wildman–Crippen LogP) is 4.94. The molecular formula is C26H27BrN4O4. The number of imidazole rings is 1. The molecule has 0 fully saturated rings. The third-order valence-corrected chi connectivity index (χ3v) is 6.43. The number of ether oxygens (including phenoxy) is 1. The Labute approximate surface area is 211 Å². The van der Waals surface area contributed by atoms with Crippen molar-refractivity contribution >= 4 is 38.9 Å². The van der Waals surface area contributed by atoms with E-state index in [-0.39, 0.29) is 11.1 Å². The van der Waals surface area contributed by atoms with Crippen LogP contribution >= 0.6 is 15.9 Å². The summed E-state index contributed by atoms with van der Waals surface area (Å²) in [7, 11) is 1.54. The molecule has 0 aliphatic rings. The summed E-state index contributed by atoms with van der Waals surface area (Å²) < 4.78 is 10.3. The van der Waals surface area contributed by atoms with Crippen LogP contribution in [-0.2, 0) is 13.6 Å². The van der Waals surface area contributed by atoms with Crippen molar-refractivity contribution in [1.29, 1.82) is 0 Å². The summed E-state index contributed by atoms with van der Waals surface area (Å²) >= 11 is 3.51. The van der Waals surface area contributed by atoms with Gasteiger partial charge in [0.25, 0.3) is 5.56 Å². The number of benzene rings is 2. The third-order valence-electron chi connectivity index (χ3n) is 5.94. The van der Waals surface area contributed by atoms with Gasteiger partial charge in [-0.05, 0) is 49.1 Å². The Bertz CT molecular complexity index is 1440. The van der Waals surface area contributed by atoms with E-state index in [0.29, 0.717) is 35.3 Å². The van der Waals surface area contributed by atoms with Crippen LogP contribution in [0.25, 0.3) is 22.2 Å². The standard InChI is InChI=1S/C26H27BrN4O4/c1-16(14-31-22-13-18(27)9-10-21(22)29-26(31)28)6-5-11-35-23-8-4-3-7-19(23)20-12-17(25(33)34)15-30(2)24(20)32/h3-4,7-10,12-13,15-16H,5-6,11,14H2,1-2H3,(H2,28,29)(H,33,34)/t16-/m1/s1. The van der Waals surface area contributed by atoms with Gasteiger partial charge in [-0.2, -0.15) is 0 Å². The lowest BCUT2D eigenvalue weighted by molar-refractivity contribution is 0.0696. The van der Waals surface area contributed by atoms with Crippen LogP contribution in [-0.4, -0.2) is 31.8 Å². The number of halogens is 1. The monoisotopic (exact) mass is 538 g/mol. The molecule has 3 N–H and O–H groups in total. The number of hydrogen-bond acceptors (Lipinski definition) is 5. The highest BCUT2D eigenvalue weighted by atomic mass is 79.9. The lowest BCUT2D eigenvalue weighted by atomic mass is 10.0. The second-order valence-electron chi connectivity index (χ2n) is 8.67. The van der Waals surface area contributed by atoms with Gasteiger partial charge < -0.3 is 24.7 Å². The summed E-state index contributed by atoms with van der Waals surface area (Å²) in [4.78, 5) is 28.6. The molecule has 0 amide bonds. The Kier molecular flexibility index (Phi) is 7.25. The second kappa shape index (κ2) is 10.4. The van der Waals surface area contributed by atoms with Crippen molar-refractivity contribution in [2.24, 2.45) is 13.0 Å². The molecule has 0 unspecified atom stereocenters. The number of aromatic nitrogens is 3. The van der Waals surface area contributed by atoms with Gasteiger partial charge >= 0.3 is 5.97 Å². The van der Waals surface area contributed by atoms with Crippen LogP contribution in [0.4, 0.5) is 5.95 Å². The van der Waals surface area contributed by atoms with Crippen molar-refractivity contribution in [3.8, 4) is 16.9 Å². The molecule has 2 heterocycles. The van der Waals surface area contributed by atoms with Crippen LogP contribution < -0.4 is 16.0 Å². The number of nitrogens with zero attached hydrogens (tertiary/aromatic N) is 3. The summed E-state index contributed by atoms with van der Waals surface area (Å²) in [5.41, 5.74) is 8.66. The van der Waals surface area contributed by atoms with E-state index in [9.17, 15) is 14.7 Å². The summed E-state index contributed by atoms with van der Waals surface area (Å²) in [6, 6.07) is 14.5. The van der Waals surface area contributed by atoms with E-state index in [2.05, 4.69) is 27.8 Å². The number of carbonyl (C=O) groups is 1. The zero-order valence-electron chi connectivity index (χ0n) is 19.6. The molecule has 4 aromatic rings. The smallest absolute Gasteiger partial charge is 0.337 e. The lowest BCUT2D eigenvalue weighted by Crippen LogP contribution is -2.20. The highest BCUT2D eigenvalue weighted by Crippen LogP contribution is 2.29. The van der Waals surface area contributed by atoms with Crippen molar-refractivity contribution in [2.45, 2.75) is 26.3 Å². The molecule has 0 radical (unpaired) electrons. The molecule has 8 nitrogen and oxygen atoms in total. The van der Waals surface area contributed by atoms with Gasteiger partial charge in [0.1, 0.15) is 5.75 Å². The summed E-state index contributed by atoms with van der Waals surface area (Å²) in [5, 5.41) is 9.38. The second-order valence-corrected chi connectivity index (χ2v) is 9.59. The van der Waals surface area contributed by atoms with Crippen molar-refractivity contribution in [3.63, 3.8) is 0 Å². The Hall–Kier alpha value is -3.59. The summed E-state index contributed by atoms with van der Waals surface area (Å²) in [5.74, 6) is 0.301. The Morgan fingerprint density at radius 3 is 2.74 bits per heavy atom. The van der Waals surface area contributed by atoms with Gasteiger partial charge in [-0.15, -0.1) is 0 Å². The van der Waals surface area contributed by atoms with Crippen LogP contribution in [0.1, 0.15) is 30.1 Å². The van der Waals surface area contributed by atoms with E-state index in [4.69, 9.17) is 10.5 Å². The van der Waals surface area contributed by atoms with Gasteiger partial charge in [0.05, 0.1) is 28.8 Å². The average molecular weight is 539 g/mol. The van der Waals surface area contributed by atoms with Crippen molar-refractivity contribution in [2.75, 3.05) is 12.3 Å². The van der Waals surface area contributed by atoms with Crippen molar-refractivity contribution < 1.29 is 14.6 Å². The quantitative estimate of drug-likeness (QED) is 0.292. The van der Waals surface area contributed by atoms with E-state index < -0.39 is 5.97 Å². The topological polar surface area (TPSA) is 112 Å². The Morgan fingerprint density at radius 1 is 1.20 bits per heavy atom. The number of para-hydroxylation sites is 1. The minimum atomic E-state index is -1.09. The van der Waals surface area contributed by atoms with Gasteiger partial charge in [-0.25, -0.2) is 9.78 Å². The highest BCUT2D eigenvalue weighted by Gasteiger charge is 2.16. The summed E-state index contributed by atoms with van der Waals surface area (Å²) in [6.07, 6.45) is 3.03.